The van der Waals surface area contributed by atoms with Crippen molar-refractivity contribution in [2.75, 3.05) is 26.9 Å². The minimum absolute atomic E-state index is 0.809. The molecule has 0 heterocycles. The largest absolute Gasteiger partial charge is 0.385 e. The molecule has 0 saturated carbocycles. The molecule has 0 aliphatic carbocycles. The second-order valence-corrected chi connectivity index (χ2v) is 1.84. The molecule has 0 saturated heterocycles. The number of ether oxygens (including phenoxy) is 1. The van der Waals surface area contributed by atoms with Gasteiger partial charge < -0.3 is 10.5 Å². The van der Waals surface area contributed by atoms with Gasteiger partial charge in [-0.1, -0.05) is 20.5 Å². The van der Waals surface area contributed by atoms with E-state index in [2.05, 4.69) is 9.24 Å². The number of nitrogens with two attached hydrogens (primary N) is 1. The molecule has 1 atom stereocenters. The summed E-state index contributed by atoms with van der Waals surface area (Å²) < 4.78 is 4.85. The summed E-state index contributed by atoms with van der Waals surface area (Å²) in [6, 6.07) is 0. The van der Waals surface area contributed by atoms with Crippen LogP contribution >= 0.6 is 9.24 Å². The molecule has 0 rings (SSSR count). The fourth-order valence-electron chi connectivity index (χ4n) is 0.568. The summed E-state index contributed by atoms with van der Waals surface area (Å²) in [6.45, 7) is 7.60. The summed E-state index contributed by atoms with van der Waals surface area (Å²) in [5.74, 6) is 0. The molecular weight excluding hydrogens is 169 g/mol. The fourth-order valence-corrected chi connectivity index (χ4v) is 0.568. The van der Waals surface area contributed by atoms with Crippen molar-refractivity contribution in [2.24, 2.45) is 5.73 Å². The summed E-state index contributed by atoms with van der Waals surface area (Å²) in [6.07, 6.45) is 3.47. The Bertz CT molecular complexity index is 39.5. The molecule has 0 aliphatic heterocycles. The Hall–Kier alpha value is 0.350. The lowest BCUT2D eigenvalue weighted by Crippen LogP contribution is -1.98. The smallest absolute Gasteiger partial charge is 0.0462 e. The zero-order valence-corrected chi connectivity index (χ0v) is 10.3. The summed E-state index contributed by atoms with van der Waals surface area (Å²) in [7, 11) is 4.14. The van der Waals surface area contributed by atoms with Gasteiger partial charge in [-0.2, -0.15) is 0 Å². The van der Waals surface area contributed by atoms with E-state index in [0.717, 1.165) is 26.0 Å². The SMILES string of the molecule is CC.COCCCCCN.CP. The first-order chi connectivity index (χ1) is 5.91. The summed E-state index contributed by atoms with van der Waals surface area (Å²) in [5, 5.41) is 0. The van der Waals surface area contributed by atoms with Crippen LogP contribution in [-0.4, -0.2) is 26.9 Å². The average Bonchev–Trinajstić information content (AvgIpc) is 2.19. The van der Waals surface area contributed by atoms with Crippen LogP contribution in [0.15, 0.2) is 0 Å². The van der Waals surface area contributed by atoms with Crippen LogP contribution in [0, 0.1) is 0 Å². The lowest BCUT2D eigenvalue weighted by molar-refractivity contribution is 0.192. The van der Waals surface area contributed by atoms with E-state index in [1.54, 1.807) is 7.11 Å². The molecule has 2 nitrogen and oxygen atoms in total. The van der Waals surface area contributed by atoms with Gasteiger partial charge in [0.05, 0.1) is 0 Å². The Balaban J connectivity index is -0.000000175. The number of hydrogen-bond donors (Lipinski definition) is 1. The van der Waals surface area contributed by atoms with Gasteiger partial charge in [0, 0.05) is 13.7 Å². The normalized spacial score (nSPS) is 7.50. The van der Waals surface area contributed by atoms with E-state index in [-0.39, 0.29) is 0 Å². The highest BCUT2D eigenvalue weighted by Gasteiger charge is 1.83. The average molecular weight is 195 g/mol. The standard InChI is InChI=1S/C6H15NO.C2H6.CH5P/c1-8-6-4-2-3-5-7;2*1-2/h2-7H2,1H3;1-2H3;2H2,1H3. The second-order valence-electron chi connectivity index (χ2n) is 1.84. The van der Waals surface area contributed by atoms with E-state index < -0.39 is 0 Å². The molecule has 2 N–H and O–H groups in total. The van der Waals surface area contributed by atoms with Crippen LogP contribution in [0.4, 0.5) is 0 Å². The molecule has 3 heteroatoms. The van der Waals surface area contributed by atoms with Crippen LogP contribution in [0.2, 0.25) is 0 Å². The van der Waals surface area contributed by atoms with Crippen molar-refractivity contribution in [3.05, 3.63) is 0 Å². The third-order valence-corrected chi connectivity index (χ3v) is 1.05. The first-order valence-electron chi connectivity index (χ1n) is 4.68. The first-order valence-corrected chi connectivity index (χ1v) is 5.84. The highest BCUT2D eigenvalue weighted by Crippen LogP contribution is 1.91. The topological polar surface area (TPSA) is 35.2 Å². The summed E-state index contributed by atoms with van der Waals surface area (Å²) >= 11 is 0. The third-order valence-electron chi connectivity index (χ3n) is 1.05. The highest BCUT2D eigenvalue weighted by atomic mass is 31.0. The molecule has 0 fully saturated rings. The van der Waals surface area contributed by atoms with Gasteiger partial charge in [0.1, 0.15) is 0 Å². The Kier molecular flexibility index (Phi) is 45.7. The van der Waals surface area contributed by atoms with Crippen LogP contribution in [-0.2, 0) is 4.74 Å². The molecule has 12 heavy (non-hydrogen) atoms. The van der Waals surface area contributed by atoms with Gasteiger partial charge >= 0.3 is 0 Å². The number of methoxy groups -OCH3 is 1. The van der Waals surface area contributed by atoms with Crippen molar-refractivity contribution < 1.29 is 4.74 Å². The summed E-state index contributed by atoms with van der Waals surface area (Å²) in [4.78, 5) is 0. The molecule has 0 aromatic carbocycles. The van der Waals surface area contributed by atoms with Crippen molar-refractivity contribution in [1.29, 1.82) is 0 Å². The lowest BCUT2D eigenvalue weighted by Gasteiger charge is -1.95. The van der Waals surface area contributed by atoms with Gasteiger partial charge in [0.2, 0.25) is 0 Å². The van der Waals surface area contributed by atoms with E-state index in [1.165, 1.54) is 6.42 Å². The number of unbranched alkanes of at least 4 members (excludes halogenated alkanes) is 2. The van der Waals surface area contributed by atoms with Crippen LogP contribution in [0.1, 0.15) is 33.1 Å². The van der Waals surface area contributed by atoms with Crippen molar-refractivity contribution in [1.82, 2.24) is 0 Å². The van der Waals surface area contributed by atoms with Crippen LogP contribution in [0.5, 0.6) is 0 Å². The van der Waals surface area contributed by atoms with Crippen molar-refractivity contribution in [3.63, 3.8) is 0 Å². The quantitative estimate of drug-likeness (QED) is 0.539. The van der Waals surface area contributed by atoms with Crippen molar-refractivity contribution in [2.45, 2.75) is 33.1 Å². The molecule has 0 bridgehead atoms. The summed E-state index contributed by atoms with van der Waals surface area (Å²) in [5.41, 5.74) is 5.27. The van der Waals surface area contributed by atoms with Crippen LogP contribution in [0.3, 0.4) is 0 Å². The lowest BCUT2D eigenvalue weighted by atomic mass is 10.2. The molecule has 0 aliphatic rings. The van der Waals surface area contributed by atoms with Gasteiger partial charge in [-0.25, -0.2) is 0 Å². The van der Waals surface area contributed by atoms with Crippen molar-refractivity contribution in [3.8, 4) is 0 Å². The molecule has 78 valence electrons. The molecule has 0 amide bonds. The van der Waals surface area contributed by atoms with E-state index in [1.807, 2.05) is 20.5 Å². The Morgan fingerprint density at radius 3 is 1.92 bits per heavy atom. The maximum absolute atomic E-state index is 5.27. The van der Waals surface area contributed by atoms with E-state index in [4.69, 9.17) is 10.5 Å². The molecule has 0 aromatic rings. The zero-order chi connectivity index (χ0) is 10.2. The maximum atomic E-state index is 5.27. The minimum Gasteiger partial charge on any atom is -0.385 e. The van der Waals surface area contributed by atoms with Gasteiger partial charge in [0.25, 0.3) is 0 Å². The molecular formula is C9H26NOP. The molecule has 0 spiro atoms. The highest BCUT2D eigenvalue weighted by molar-refractivity contribution is 7.15. The molecule has 0 aromatic heterocycles. The van der Waals surface area contributed by atoms with E-state index >= 15 is 0 Å². The van der Waals surface area contributed by atoms with Crippen LogP contribution < -0.4 is 5.73 Å². The Morgan fingerprint density at radius 2 is 1.58 bits per heavy atom. The first kappa shape index (κ1) is 18.2. The van der Waals surface area contributed by atoms with Gasteiger partial charge in [0.15, 0.2) is 0 Å². The van der Waals surface area contributed by atoms with Crippen molar-refractivity contribution >= 4 is 9.24 Å². The van der Waals surface area contributed by atoms with Gasteiger partial charge in [-0.3, -0.25) is 0 Å². The number of hydrogen-bond acceptors (Lipinski definition) is 2. The van der Waals surface area contributed by atoms with Gasteiger partial charge in [-0.15, -0.1) is 9.24 Å². The second kappa shape index (κ2) is 30.2. The Labute approximate surface area is 80.5 Å². The maximum Gasteiger partial charge on any atom is 0.0462 e. The monoisotopic (exact) mass is 195 g/mol. The predicted octanol–water partition coefficient (Wildman–Crippen LogP) is 2.28. The number of rotatable bonds is 5. The minimum atomic E-state index is 0.809. The zero-order valence-electron chi connectivity index (χ0n) is 9.10. The van der Waals surface area contributed by atoms with E-state index in [9.17, 15) is 0 Å². The fraction of sp³-hybridized carbons (Fsp3) is 1.00. The van der Waals surface area contributed by atoms with Gasteiger partial charge in [-0.05, 0) is 25.8 Å². The van der Waals surface area contributed by atoms with Crippen LogP contribution in [0.25, 0.3) is 0 Å². The molecule has 1 unspecified atom stereocenters. The van der Waals surface area contributed by atoms with E-state index in [0.29, 0.717) is 0 Å². The predicted molar refractivity (Wildman–Crippen MR) is 61.8 cm³/mol. The Morgan fingerprint density at radius 1 is 1.08 bits per heavy atom. The molecule has 0 radical (unpaired) electrons. The third kappa shape index (κ3) is 31.6.